The summed E-state index contributed by atoms with van der Waals surface area (Å²) in [6, 6.07) is 16.5. The van der Waals surface area contributed by atoms with Crippen molar-refractivity contribution in [1.29, 1.82) is 0 Å². The third kappa shape index (κ3) is 4.82. The standard InChI is InChI=1S/C24H23ClN6O2S/c1-16-5-2-3-8-20(16)22-28-31-21(32)14-19(27-24(31)34-22)15-29-9-11-30(12-10-29)23(33)26-18-7-4-6-17(25)13-18/h2-8,13-14H,9-12,15H2,1H3,(H,26,33). The number of anilines is 1. The fraction of sp³-hybridized carbons (Fsp3) is 0.250. The third-order valence-corrected chi connectivity index (χ3v) is 6.97. The maximum atomic E-state index is 12.7. The number of hydrogen-bond donors (Lipinski definition) is 1. The highest BCUT2D eigenvalue weighted by Gasteiger charge is 2.22. The fourth-order valence-corrected chi connectivity index (χ4v) is 5.17. The number of urea groups is 1. The lowest BCUT2D eigenvalue weighted by Crippen LogP contribution is -2.49. The number of piperazine rings is 1. The van der Waals surface area contributed by atoms with Crippen LogP contribution in [-0.2, 0) is 6.54 Å². The predicted molar refractivity (Wildman–Crippen MR) is 135 cm³/mol. The first-order valence-corrected chi connectivity index (χ1v) is 12.2. The molecule has 2 aromatic carbocycles. The summed E-state index contributed by atoms with van der Waals surface area (Å²) in [7, 11) is 0. The Balaban J connectivity index is 1.24. The first-order valence-electron chi connectivity index (χ1n) is 11.0. The monoisotopic (exact) mass is 494 g/mol. The number of carbonyl (C=O) groups excluding carboxylic acids is 1. The van der Waals surface area contributed by atoms with Crippen molar-refractivity contribution in [2.75, 3.05) is 31.5 Å². The summed E-state index contributed by atoms with van der Waals surface area (Å²) in [5.41, 5.74) is 3.31. The van der Waals surface area contributed by atoms with E-state index in [1.807, 2.05) is 37.3 Å². The molecule has 0 unspecified atom stereocenters. The molecule has 0 bridgehead atoms. The first-order chi connectivity index (χ1) is 16.5. The van der Waals surface area contributed by atoms with E-state index >= 15 is 0 Å². The van der Waals surface area contributed by atoms with E-state index in [4.69, 9.17) is 16.6 Å². The molecular weight excluding hydrogens is 472 g/mol. The highest BCUT2D eigenvalue weighted by Crippen LogP contribution is 2.27. The second-order valence-electron chi connectivity index (χ2n) is 8.21. The van der Waals surface area contributed by atoms with Crippen LogP contribution in [0, 0.1) is 6.92 Å². The van der Waals surface area contributed by atoms with E-state index in [0.717, 1.165) is 16.1 Å². The maximum Gasteiger partial charge on any atom is 0.321 e. The van der Waals surface area contributed by atoms with E-state index < -0.39 is 0 Å². The molecule has 0 aliphatic carbocycles. The number of carbonyl (C=O) groups is 1. The summed E-state index contributed by atoms with van der Waals surface area (Å²) in [5, 5.41) is 8.73. The molecule has 1 fully saturated rings. The minimum absolute atomic E-state index is 0.145. The van der Waals surface area contributed by atoms with Crippen molar-refractivity contribution in [3.05, 3.63) is 81.2 Å². The minimum atomic E-state index is -0.185. The van der Waals surface area contributed by atoms with Gasteiger partial charge in [0.15, 0.2) is 0 Å². The van der Waals surface area contributed by atoms with Crippen LogP contribution in [0.15, 0.2) is 59.4 Å². The Hall–Kier alpha value is -3.27. The molecule has 174 valence electrons. The minimum Gasteiger partial charge on any atom is -0.322 e. The van der Waals surface area contributed by atoms with Crippen LogP contribution in [0.4, 0.5) is 10.5 Å². The molecule has 10 heteroatoms. The normalized spacial score (nSPS) is 14.5. The van der Waals surface area contributed by atoms with Crippen molar-refractivity contribution >= 4 is 39.6 Å². The zero-order valence-electron chi connectivity index (χ0n) is 18.6. The Morgan fingerprint density at radius 3 is 2.65 bits per heavy atom. The van der Waals surface area contributed by atoms with Gasteiger partial charge in [-0.05, 0) is 30.7 Å². The van der Waals surface area contributed by atoms with Gasteiger partial charge in [0.25, 0.3) is 5.56 Å². The molecule has 8 nitrogen and oxygen atoms in total. The van der Waals surface area contributed by atoms with Crippen molar-refractivity contribution in [2.45, 2.75) is 13.5 Å². The van der Waals surface area contributed by atoms with Crippen LogP contribution in [0.2, 0.25) is 5.02 Å². The molecule has 0 atom stereocenters. The number of amides is 2. The number of fused-ring (bicyclic) bond motifs is 1. The van der Waals surface area contributed by atoms with Crippen molar-refractivity contribution in [1.82, 2.24) is 24.4 Å². The highest BCUT2D eigenvalue weighted by atomic mass is 35.5. The summed E-state index contributed by atoms with van der Waals surface area (Å²) in [5.74, 6) is 0. The SMILES string of the molecule is Cc1ccccc1-c1nn2c(=O)cc(CN3CCN(C(=O)Nc4cccc(Cl)c4)CC3)nc2s1. The molecule has 2 amide bonds. The Morgan fingerprint density at radius 1 is 1.09 bits per heavy atom. The van der Waals surface area contributed by atoms with Crippen molar-refractivity contribution in [3.8, 4) is 10.6 Å². The summed E-state index contributed by atoms with van der Waals surface area (Å²) in [6.07, 6.45) is 0. The van der Waals surface area contributed by atoms with E-state index in [2.05, 4.69) is 15.3 Å². The van der Waals surface area contributed by atoms with E-state index in [-0.39, 0.29) is 11.6 Å². The molecular formula is C24H23ClN6O2S. The molecule has 3 heterocycles. The van der Waals surface area contributed by atoms with Gasteiger partial charge in [-0.2, -0.15) is 9.61 Å². The molecule has 1 saturated heterocycles. The molecule has 1 aliphatic heterocycles. The summed E-state index contributed by atoms with van der Waals surface area (Å²) < 4.78 is 1.37. The smallest absolute Gasteiger partial charge is 0.321 e. The summed E-state index contributed by atoms with van der Waals surface area (Å²) in [4.78, 5) is 34.5. The Kier molecular flexibility index (Phi) is 6.32. The molecule has 0 radical (unpaired) electrons. The quantitative estimate of drug-likeness (QED) is 0.461. The van der Waals surface area contributed by atoms with Gasteiger partial charge in [-0.25, -0.2) is 9.78 Å². The largest absolute Gasteiger partial charge is 0.322 e. The van der Waals surface area contributed by atoms with Crippen LogP contribution in [0.1, 0.15) is 11.3 Å². The Morgan fingerprint density at radius 2 is 1.88 bits per heavy atom. The van der Waals surface area contributed by atoms with Gasteiger partial charge >= 0.3 is 6.03 Å². The number of nitrogens with one attached hydrogen (secondary N) is 1. The lowest BCUT2D eigenvalue weighted by molar-refractivity contribution is 0.142. The number of hydrogen-bond acceptors (Lipinski definition) is 6. The van der Waals surface area contributed by atoms with Gasteiger partial charge in [0.05, 0.1) is 5.69 Å². The summed E-state index contributed by atoms with van der Waals surface area (Å²) >= 11 is 7.41. The van der Waals surface area contributed by atoms with E-state index in [9.17, 15) is 9.59 Å². The van der Waals surface area contributed by atoms with Crippen LogP contribution < -0.4 is 10.9 Å². The molecule has 0 spiro atoms. The average molecular weight is 495 g/mol. The second-order valence-corrected chi connectivity index (χ2v) is 9.60. The number of nitrogens with zero attached hydrogens (tertiary/aromatic N) is 5. The molecule has 34 heavy (non-hydrogen) atoms. The van der Waals surface area contributed by atoms with E-state index in [1.165, 1.54) is 15.9 Å². The summed E-state index contributed by atoms with van der Waals surface area (Å²) in [6.45, 7) is 5.14. The molecule has 1 N–H and O–H groups in total. The highest BCUT2D eigenvalue weighted by molar-refractivity contribution is 7.19. The first kappa shape index (κ1) is 22.5. The number of benzene rings is 2. The van der Waals surface area contributed by atoms with Gasteiger partial charge in [0, 0.05) is 55.1 Å². The van der Waals surface area contributed by atoms with Crippen LogP contribution >= 0.6 is 22.9 Å². The van der Waals surface area contributed by atoms with E-state index in [0.29, 0.717) is 54.1 Å². The van der Waals surface area contributed by atoms with Gasteiger partial charge in [-0.3, -0.25) is 9.69 Å². The maximum absolute atomic E-state index is 12.7. The van der Waals surface area contributed by atoms with Gasteiger partial charge in [-0.15, -0.1) is 0 Å². The van der Waals surface area contributed by atoms with Crippen LogP contribution in [0.25, 0.3) is 15.5 Å². The molecule has 4 aromatic rings. The van der Waals surface area contributed by atoms with Crippen LogP contribution in [0.5, 0.6) is 0 Å². The fourth-order valence-electron chi connectivity index (χ4n) is 3.97. The van der Waals surface area contributed by atoms with Gasteiger partial charge in [-0.1, -0.05) is 53.3 Å². The number of aryl methyl sites for hydroxylation is 1. The Bertz CT molecular complexity index is 1410. The third-order valence-electron chi connectivity index (χ3n) is 5.79. The van der Waals surface area contributed by atoms with Crippen molar-refractivity contribution in [2.24, 2.45) is 0 Å². The van der Waals surface area contributed by atoms with Crippen molar-refractivity contribution in [3.63, 3.8) is 0 Å². The zero-order chi connectivity index (χ0) is 23.7. The molecule has 2 aromatic heterocycles. The van der Waals surface area contributed by atoms with E-state index in [1.54, 1.807) is 29.2 Å². The van der Waals surface area contributed by atoms with Crippen LogP contribution in [0.3, 0.4) is 0 Å². The predicted octanol–water partition coefficient (Wildman–Crippen LogP) is 4.13. The van der Waals surface area contributed by atoms with Gasteiger partial charge in [0.2, 0.25) is 4.96 Å². The topological polar surface area (TPSA) is 82.8 Å². The lowest BCUT2D eigenvalue weighted by atomic mass is 10.1. The zero-order valence-corrected chi connectivity index (χ0v) is 20.1. The number of aromatic nitrogens is 3. The average Bonchev–Trinajstić information content (AvgIpc) is 3.24. The van der Waals surface area contributed by atoms with Crippen molar-refractivity contribution < 1.29 is 4.79 Å². The molecule has 5 rings (SSSR count). The second kappa shape index (κ2) is 9.54. The Labute approximate surface area is 205 Å². The van der Waals surface area contributed by atoms with Gasteiger partial charge in [0.1, 0.15) is 5.01 Å². The van der Waals surface area contributed by atoms with Gasteiger partial charge < -0.3 is 10.2 Å². The molecule has 1 aliphatic rings. The number of rotatable bonds is 4. The lowest BCUT2D eigenvalue weighted by Gasteiger charge is -2.34. The van der Waals surface area contributed by atoms with Crippen LogP contribution in [-0.4, -0.2) is 56.6 Å². The number of halogens is 1. The molecule has 0 saturated carbocycles.